The van der Waals surface area contributed by atoms with Crippen LogP contribution in [0.5, 0.6) is 0 Å². The van der Waals surface area contributed by atoms with Crippen LogP contribution in [0.1, 0.15) is 133 Å². The third-order valence-electron chi connectivity index (χ3n) is 10.2. The average molecular weight is 735 g/mol. The van der Waals surface area contributed by atoms with Crippen LogP contribution in [0.2, 0.25) is 0 Å². The Morgan fingerprint density at radius 3 is 1.46 bits per heavy atom. The standard InChI is InChI=1S/C45H66O6S/c1-2-3-4-5-6-7-8-9-10-11-12-13-14-15-16-26-33-52(46,47)44-34-42(49-36-40-29-22-18-23-30-40)45(50-37-41-31-24-19-25-32-41)43(51-44)38-48-35-39-27-20-17-21-28-39/h17-25,27-32,42-45H,2-16,26,33-38H2,1H3/t42-,43-,44+,45+/m1/s1. The average Bonchev–Trinajstić information content (AvgIpc) is 3.17. The monoisotopic (exact) mass is 734 g/mol. The van der Waals surface area contributed by atoms with Crippen molar-refractivity contribution in [1.29, 1.82) is 0 Å². The van der Waals surface area contributed by atoms with Gasteiger partial charge in [-0.05, 0) is 23.1 Å². The van der Waals surface area contributed by atoms with Gasteiger partial charge in [-0.1, -0.05) is 194 Å². The van der Waals surface area contributed by atoms with E-state index in [-0.39, 0.29) is 18.8 Å². The van der Waals surface area contributed by atoms with Crippen molar-refractivity contribution in [2.24, 2.45) is 0 Å². The molecule has 0 saturated carbocycles. The van der Waals surface area contributed by atoms with Crippen molar-refractivity contribution in [2.75, 3.05) is 12.4 Å². The van der Waals surface area contributed by atoms with E-state index in [1.807, 2.05) is 91.0 Å². The molecule has 7 heteroatoms. The highest BCUT2D eigenvalue weighted by Gasteiger charge is 2.45. The third kappa shape index (κ3) is 16.6. The summed E-state index contributed by atoms with van der Waals surface area (Å²) >= 11 is 0. The number of ether oxygens (including phenoxy) is 4. The zero-order valence-corrected chi connectivity index (χ0v) is 32.7. The van der Waals surface area contributed by atoms with Crippen LogP contribution in [0.25, 0.3) is 0 Å². The molecule has 0 bridgehead atoms. The summed E-state index contributed by atoms with van der Waals surface area (Å²) in [6.07, 6.45) is 18.7. The summed E-state index contributed by atoms with van der Waals surface area (Å²) < 4.78 is 53.2. The highest BCUT2D eigenvalue weighted by atomic mass is 32.2. The highest BCUT2D eigenvalue weighted by Crippen LogP contribution is 2.31. The van der Waals surface area contributed by atoms with E-state index in [0.717, 1.165) is 29.5 Å². The van der Waals surface area contributed by atoms with Gasteiger partial charge in [0.1, 0.15) is 12.2 Å². The van der Waals surface area contributed by atoms with Gasteiger partial charge in [-0.25, -0.2) is 8.42 Å². The number of sulfone groups is 1. The molecule has 1 heterocycles. The van der Waals surface area contributed by atoms with Crippen molar-refractivity contribution in [3.05, 3.63) is 108 Å². The van der Waals surface area contributed by atoms with Gasteiger partial charge < -0.3 is 18.9 Å². The molecule has 0 aliphatic carbocycles. The molecule has 1 fully saturated rings. The first-order valence-corrected chi connectivity index (χ1v) is 22.1. The molecule has 3 aromatic rings. The largest absolute Gasteiger partial charge is 0.374 e. The maximum absolute atomic E-state index is 13.8. The maximum Gasteiger partial charge on any atom is 0.177 e. The smallest absolute Gasteiger partial charge is 0.177 e. The second kappa shape index (κ2) is 25.5. The molecule has 4 rings (SSSR count). The Balaban J connectivity index is 1.26. The number of rotatable bonds is 28. The summed E-state index contributed by atoms with van der Waals surface area (Å²) in [7, 11) is -3.53. The van der Waals surface area contributed by atoms with Crippen LogP contribution in [-0.4, -0.2) is 44.5 Å². The van der Waals surface area contributed by atoms with Crippen molar-refractivity contribution in [2.45, 2.75) is 160 Å². The van der Waals surface area contributed by atoms with Crippen molar-refractivity contribution >= 4 is 9.84 Å². The molecule has 52 heavy (non-hydrogen) atoms. The molecule has 1 aliphatic rings. The van der Waals surface area contributed by atoms with Crippen LogP contribution in [0.15, 0.2) is 91.0 Å². The maximum atomic E-state index is 13.8. The molecule has 4 atom stereocenters. The van der Waals surface area contributed by atoms with Crippen LogP contribution < -0.4 is 0 Å². The molecule has 1 aliphatic heterocycles. The quantitative estimate of drug-likeness (QED) is 0.0692. The van der Waals surface area contributed by atoms with E-state index in [4.69, 9.17) is 18.9 Å². The van der Waals surface area contributed by atoms with E-state index in [2.05, 4.69) is 6.92 Å². The third-order valence-corrected chi connectivity index (χ3v) is 12.1. The van der Waals surface area contributed by atoms with Crippen LogP contribution >= 0.6 is 0 Å². The molecule has 0 spiro atoms. The predicted molar refractivity (Wildman–Crippen MR) is 213 cm³/mol. The highest BCUT2D eigenvalue weighted by molar-refractivity contribution is 7.91. The van der Waals surface area contributed by atoms with Gasteiger partial charge in [-0.15, -0.1) is 0 Å². The SMILES string of the molecule is CCCCCCCCCCCCCCCCCCS(=O)(=O)[C@H]1C[C@@H](OCc2ccccc2)[C@H](OCc2ccccc2)[C@@H](COCc2ccccc2)O1. The van der Waals surface area contributed by atoms with Crippen LogP contribution in [0, 0.1) is 0 Å². The molecule has 0 N–H and O–H groups in total. The summed E-state index contributed by atoms with van der Waals surface area (Å²) in [6, 6.07) is 30.0. The van der Waals surface area contributed by atoms with Crippen LogP contribution in [-0.2, 0) is 48.6 Å². The van der Waals surface area contributed by atoms with Gasteiger partial charge in [0.15, 0.2) is 15.3 Å². The molecular formula is C45H66O6S. The molecule has 6 nitrogen and oxygen atoms in total. The minimum atomic E-state index is -3.53. The fraction of sp³-hybridized carbons (Fsp3) is 0.600. The van der Waals surface area contributed by atoms with Crippen LogP contribution in [0.4, 0.5) is 0 Å². The molecule has 1 saturated heterocycles. The summed E-state index contributed by atoms with van der Waals surface area (Å²) in [5, 5.41) is 0. The number of hydrogen-bond acceptors (Lipinski definition) is 6. The number of benzene rings is 3. The Kier molecular flexibility index (Phi) is 20.7. The topological polar surface area (TPSA) is 71.1 Å². The lowest BCUT2D eigenvalue weighted by Gasteiger charge is -2.41. The van der Waals surface area contributed by atoms with Gasteiger partial charge in [-0.2, -0.15) is 0 Å². The summed E-state index contributed by atoms with van der Waals surface area (Å²) in [6.45, 7) is 3.60. The molecule has 0 amide bonds. The second-order valence-corrected chi connectivity index (χ2v) is 16.9. The molecule has 0 aromatic heterocycles. The molecule has 0 unspecified atom stereocenters. The minimum Gasteiger partial charge on any atom is -0.374 e. The fourth-order valence-corrected chi connectivity index (χ4v) is 8.69. The normalized spacial score (nSPS) is 19.2. The van der Waals surface area contributed by atoms with Crippen molar-refractivity contribution < 1.29 is 27.4 Å². The summed E-state index contributed by atoms with van der Waals surface area (Å²) in [5.41, 5.74) is 2.14. The Hall–Kier alpha value is -2.55. The van der Waals surface area contributed by atoms with Crippen molar-refractivity contribution in [3.8, 4) is 0 Å². The van der Waals surface area contributed by atoms with Crippen molar-refractivity contribution in [3.63, 3.8) is 0 Å². The van der Waals surface area contributed by atoms with E-state index in [1.165, 1.54) is 83.5 Å². The second-order valence-electron chi connectivity index (χ2n) is 14.6. The van der Waals surface area contributed by atoms with Crippen molar-refractivity contribution in [1.82, 2.24) is 0 Å². The lowest BCUT2D eigenvalue weighted by molar-refractivity contribution is -0.205. The van der Waals surface area contributed by atoms with Gasteiger partial charge in [-0.3, -0.25) is 0 Å². The molecule has 288 valence electrons. The van der Waals surface area contributed by atoms with Gasteiger partial charge >= 0.3 is 0 Å². The fourth-order valence-electron chi connectivity index (χ4n) is 7.03. The van der Waals surface area contributed by atoms with E-state index >= 15 is 0 Å². The summed E-state index contributed by atoms with van der Waals surface area (Å²) in [5.74, 6) is 0.120. The Bertz CT molecular complexity index is 1400. The molecule has 0 radical (unpaired) electrons. The van der Waals surface area contributed by atoms with E-state index in [9.17, 15) is 8.42 Å². The Morgan fingerprint density at radius 1 is 0.558 bits per heavy atom. The van der Waals surface area contributed by atoms with Crippen LogP contribution in [0.3, 0.4) is 0 Å². The van der Waals surface area contributed by atoms with Gasteiger partial charge in [0.25, 0.3) is 0 Å². The van der Waals surface area contributed by atoms with E-state index in [0.29, 0.717) is 26.2 Å². The number of unbranched alkanes of at least 4 members (excludes halogenated alkanes) is 15. The molecule has 3 aromatic carbocycles. The van der Waals surface area contributed by atoms with E-state index in [1.54, 1.807) is 0 Å². The zero-order chi connectivity index (χ0) is 36.5. The van der Waals surface area contributed by atoms with Gasteiger partial charge in [0.05, 0.1) is 38.3 Å². The zero-order valence-electron chi connectivity index (χ0n) is 31.9. The van der Waals surface area contributed by atoms with Gasteiger partial charge in [0, 0.05) is 6.42 Å². The Labute approximate surface area is 315 Å². The number of hydrogen-bond donors (Lipinski definition) is 0. The van der Waals surface area contributed by atoms with Gasteiger partial charge in [0.2, 0.25) is 0 Å². The first kappa shape index (κ1) is 42.2. The Morgan fingerprint density at radius 2 is 0.981 bits per heavy atom. The lowest BCUT2D eigenvalue weighted by atomic mass is 10.0. The predicted octanol–water partition coefficient (Wildman–Crippen LogP) is 11.2. The first-order chi connectivity index (χ1) is 25.5. The molecular weight excluding hydrogens is 669 g/mol. The van der Waals surface area contributed by atoms with E-state index < -0.39 is 33.6 Å². The minimum absolute atomic E-state index is 0.120. The summed E-state index contributed by atoms with van der Waals surface area (Å²) in [4.78, 5) is 0. The first-order valence-electron chi connectivity index (χ1n) is 20.3. The lowest BCUT2D eigenvalue weighted by Crippen LogP contribution is -2.54.